The van der Waals surface area contributed by atoms with Crippen LogP contribution in [0, 0.1) is 0 Å². The van der Waals surface area contributed by atoms with Crippen LogP contribution in [-0.4, -0.2) is 24.8 Å². The van der Waals surface area contributed by atoms with Gasteiger partial charge in [0, 0.05) is 6.42 Å². The summed E-state index contributed by atoms with van der Waals surface area (Å²) >= 11 is 0. The molecule has 4 heteroatoms. The highest BCUT2D eigenvalue weighted by molar-refractivity contribution is 5.79. The zero-order chi connectivity index (χ0) is 15.1. The molecule has 1 atom stereocenters. The van der Waals surface area contributed by atoms with Crippen molar-refractivity contribution in [3.63, 3.8) is 0 Å². The third-order valence-corrected chi connectivity index (χ3v) is 3.49. The van der Waals surface area contributed by atoms with Crippen LogP contribution in [0.1, 0.15) is 77.6 Å². The number of carbonyl (C=O) groups excluding carboxylic acids is 2. The van der Waals surface area contributed by atoms with Crippen LogP contribution in [0.4, 0.5) is 0 Å². The molecule has 0 fully saturated rings. The maximum Gasteiger partial charge on any atom is 0.220 e. The normalized spacial score (nSPS) is 12.1. The van der Waals surface area contributed by atoms with Gasteiger partial charge in [0.25, 0.3) is 0 Å². The molecule has 118 valence electrons. The fraction of sp³-hybridized carbons (Fsp3) is 0.875. The molecule has 0 saturated carbocycles. The highest BCUT2D eigenvalue weighted by Gasteiger charge is 2.10. The van der Waals surface area contributed by atoms with E-state index >= 15 is 0 Å². The molecule has 0 aromatic rings. The number of amides is 1. The lowest BCUT2D eigenvalue weighted by atomic mass is 10.1. The van der Waals surface area contributed by atoms with Crippen molar-refractivity contribution in [2.75, 3.05) is 6.54 Å². The number of nitrogens with two attached hydrogens (primary N) is 1. The van der Waals surface area contributed by atoms with E-state index < -0.39 is 0 Å². The van der Waals surface area contributed by atoms with Crippen LogP contribution in [-0.2, 0) is 9.59 Å². The molecule has 0 heterocycles. The number of unbranched alkanes of at least 4 members (excludes halogenated alkanes) is 7. The van der Waals surface area contributed by atoms with Gasteiger partial charge in [-0.05, 0) is 32.2 Å². The average Bonchev–Trinajstić information content (AvgIpc) is 2.45. The SMILES string of the molecule is CCCCCCCCCC(=O)NC(C=O)CCCCN. The van der Waals surface area contributed by atoms with E-state index in [1.165, 1.54) is 32.1 Å². The van der Waals surface area contributed by atoms with Crippen LogP contribution in [0.25, 0.3) is 0 Å². The van der Waals surface area contributed by atoms with Gasteiger partial charge in [-0.3, -0.25) is 4.79 Å². The topological polar surface area (TPSA) is 72.2 Å². The Bertz CT molecular complexity index is 245. The largest absolute Gasteiger partial charge is 0.347 e. The van der Waals surface area contributed by atoms with Crippen LogP contribution < -0.4 is 11.1 Å². The Morgan fingerprint density at radius 2 is 1.70 bits per heavy atom. The van der Waals surface area contributed by atoms with Crippen molar-refractivity contribution in [2.45, 2.75) is 83.6 Å². The van der Waals surface area contributed by atoms with Gasteiger partial charge in [-0.25, -0.2) is 0 Å². The molecule has 0 radical (unpaired) electrons. The summed E-state index contributed by atoms with van der Waals surface area (Å²) in [7, 11) is 0. The highest BCUT2D eigenvalue weighted by Crippen LogP contribution is 2.08. The van der Waals surface area contributed by atoms with Crippen LogP contribution in [0.5, 0.6) is 0 Å². The van der Waals surface area contributed by atoms with Crippen molar-refractivity contribution in [3.8, 4) is 0 Å². The predicted octanol–water partition coefficient (Wildman–Crippen LogP) is 2.94. The number of aldehydes is 1. The summed E-state index contributed by atoms with van der Waals surface area (Å²) in [5.41, 5.74) is 5.41. The fourth-order valence-electron chi connectivity index (χ4n) is 2.20. The first kappa shape index (κ1) is 19.1. The molecular weight excluding hydrogens is 252 g/mol. The monoisotopic (exact) mass is 284 g/mol. The quantitative estimate of drug-likeness (QED) is 0.380. The van der Waals surface area contributed by atoms with E-state index in [0.29, 0.717) is 19.4 Å². The van der Waals surface area contributed by atoms with E-state index in [1.54, 1.807) is 0 Å². The Morgan fingerprint density at radius 3 is 2.30 bits per heavy atom. The second-order valence-corrected chi connectivity index (χ2v) is 5.47. The lowest BCUT2D eigenvalue weighted by Gasteiger charge is -2.12. The van der Waals surface area contributed by atoms with Gasteiger partial charge < -0.3 is 15.8 Å². The summed E-state index contributed by atoms with van der Waals surface area (Å²) in [6, 6.07) is -0.335. The Labute approximate surface area is 123 Å². The van der Waals surface area contributed by atoms with Crippen molar-refractivity contribution < 1.29 is 9.59 Å². The molecule has 0 rings (SSSR count). The number of carbonyl (C=O) groups is 2. The molecule has 0 saturated heterocycles. The lowest BCUT2D eigenvalue weighted by Crippen LogP contribution is -2.35. The van der Waals surface area contributed by atoms with Gasteiger partial charge >= 0.3 is 0 Å². The molecule has 3 N–H and O–H groups in total. The Balaban J connectivity index is 3.52. The molecule has 0 bridgehead atoms. The number of hydrogen-bond donors (Lipinski definition) is 2. The summed E-state index contributed by atoms with van der Waals surface area (Å²) in [6.45, 7) is 2.85. The van der Waals surface area contributed by atoms with Gasteiger partial charge in [-0.15, -0.1) is 0 Å². The standard InChI is InChI=1S/C16H32N2O2/c1-2-3-4-5-6-7-8-12-16(20)18-15(14-19)11-9-10-13-17/h14-15H,2-13,17H2,1H3,(H,18,20). The molecule has 20 heavy (non-hydrogen) atoms. The average molecular weight is 284 g/mol. The summed E-state index contributed by atoms with van der Waals surface area (Å²) in [4.78, 5) is 22.6. The molecule has 1 unspecified atom stereocenters. The van der Waals surface area contributed by atoms with Crippen molar-refractivity contribution in [1.29, 1.82) is 0 Å². The van der Waals surface area contributed by atoms with Gasteiger partial charge in [0.2, 0.25) is 5.91 Å². The van der Waals surface area contributed by atoms with E-state index in [2.05, 4.69) is 12.2 Å². The summed E-state index contributed by atoms with van der Waals surface area (Å²) in [5, 5.41) is 2.79. The predicted molar refractivity (Wildman–Crippen MR) is 83.5 cm³/mol. The van der Waals surface area contributed by atoms with E-state index in [9.17, 15) is 9.59 Å². The smallest absolute Gasteiger partial charge is 0.220 e. The maximum absolute atomic E-state index is 11.7. The second kappa shape index (κ2) is 14.5. The molecule has 0 spiro atoms. The number of hydrogen-bond acceptors (Lipinski definition) is 3. The minimum atomic E-state index is -0.335. The van der Waals surface area contributed by atoms with Gasteiger partial charge in [-0.1, -0.05) is 45.4 Å². The zero-order valence-corrected chi connectivity index (χ0v) is 13.0. The minimum Gasteiger partial charge on any atom is -0.347 e. The Kier molecular flexibility index (Phi) is 13.9. The van der Waals surface area contributed by atoms with E-state index in [0.717, 1.165) is 32.0 Å². The molecule has 4 nitrogen and oxygen atoms in total. The van der Waals surface area contributed by atoms with Gasteiger partial charge in [0.1, 0.15) is 6.29 Å². The third kappa shape index (κ3) is 12.2. The third-order valence-electron chi connectivity index (χ3n) is 3.49. The summed E-state index contributed by atoms with van der Waals surface area (Å²) < 4.78 is 0. The van der Waals surface area contributed by atoms with Crippen molar-refractivity contribution >= 4 is 12.2 Å². The Hall–Kier alpha value is -0.900. The maximum atomic E-state index is 11.7. The fourth-order valence-corrected chi connectivity index (χ4v) is 2.20. The summed E-state index contributed by atoms with van der Waals surface area (Å²) in [5.74, 6) is 0.00315. The second-order valence-electron chi connectivity index (χ2n) is 5.47. The van der Waals surface area contributed by atoms with Gasteiger partial charge in [0.05, 0.1) is 6.04 Å². The number of rotatable bonds is 14. The van der Waals surface area contributed by atoms with Crippen molar-refractivity contribution in [2.24, 2.45) is 5.73 Å². The molecule has 0 aromatic heterocycles. The first-order valence-corrected chi connectivity index (χ1v) is 8.19. The summed E-state index contributed by atoms with van der Waals surface area (Å²) in [6.07, 6.45) is 12.2. The zero-order valence-electron chi connectivity index (χ0n) is 13.0. The first-order valence-electron chi connectivity index (χ1n) is 8.19. The first-order chi connectivity index (χ1) is 9.74. The highest BCUT2D eigenvalue weighted by atomic mass is 16.2. The van der Waals surface area contributed by atoms with Crippen molar-refractivity contribution in [1.82, 2.24) is 5.32 Å². The molecule has 0 aromatic carbocycles. The van der Waals surface area contributed by atoms with Gasteiger partial charge in [-0.2, -0.15) is 0 Å². The van der Waals surface area contributed by atoms with Crippen molar-refractivity contribution in [3.05, 3.63) is 0 Å². The van der Waals surface area contributed by atoms with E-state index in [4.69, 9.17) is 5.73 Å². The van der Waals surface area contributed by atoms with Crippen LogP contribution >= 0.6 is 0 Å². The molecular formula is C16H32N2O2. The van der Waals surface area contributed by atoms with Gasteiger partial charge in [0.15, 0.2) is 0 Å². The molecule has 0 aliphatic rings. The van der Waals surface area contributed by atoms with Crippen LogP contribution in [0.3, 0.4) is 0 Å². The molecule has 0 aliphatic heterocycles. The molecule has 1 amide bonds. The minimum absolute atomic E-state index is 0.00315. The van der Waals surface area contributed by atoms with E-state index in [1.807, 2.05) is 0 Å². The van der Waals surface area contributed by atoms with Crippen LogP contribution in [0.2, 0.25) is 0 Å². The lowest BCUT2D eigenvalue weighted by molar-refractivity contribution is -0.124. The Morgan fingerprint density at radius 1 is 1.05 bits per heavy atom. The van der Waals surface area contributed by atoms with Crippen LogP contribution in [0.15, 0.2) is 0 Å². The molecule has 0 aliphatic carbocycles. The number of nitrogens with one attached hydrogen (secondary N) is 1. The van der Waals surface area contributed by atoms with E-state index in [-0.39, 0.29) is 11.9 Å².